The van der Waals surface area contributed by atoms with E-state index < -0.39 is 0 Å². The summed E-state index contributed by atoms with van der Waals surface area (Å²) in [6.07, 6.45) is 3.04. The molecular weight excluding hydrogens is 523 g/mol. The second kappa shape index (κ2) is 11.3. The maximum absolute atomic E-state index is 6.28. The van der Waals surface area contributed by atoms with Crippen molar-refractivity contribution in [3.8, 4) is 11.5 Å². The van der Waals surface area contributed by atoms with Crippen molar-refractivity contribution in [2.45, 2.75) is 26.5 Å². The van der Waals surface area contributed by atoms with Crippen LogP contribution in [0, 0.1) is 0 Å². The lowest BCUT2D eigenvalue weighted by atomic mass is 10.1. The van der Waals surface area contributed by atoms with Crippen molar-refractivity contribution < 1.29 is 9.47 Å². The zero-order valence-corrected chi connectivity index (χ0v) is 21.4. The normalized spacial score (nSPS) is 11.2. The van der Waals surface area contributed by atoms with Gasteiger partial charge in [0.25, 0.3) is 0 Å². The zero-order valence-electron chi connectivity index (χ0n) is 18.3. The molecule has 172 valence electrons. The highest BCUT2D eigenvalue weighted by molar-refractivity contribution is 9.10. The van der Waals surface area contributed by atoms with Crippen molar-refractivity contribution in [3.05, 3.63) is 92.0 Å². The predicted octanol–water partition coefficient (Wildman–Crippen LogP) is 7.55. The number of aromatic amines is 1. The quantitative estimate of drug-likeness (QED) is 0.201. The summed E-state index contributed by atoms with van der Waals surface area (Å²) in [6, 6.07) is 17.8. The van der Waals surface area contributed by atoms with Crippen molar-refractivity contribution >= 4 is 50.0 Å². The van der Waals surface area contributed by atoms with E-state index in [1.54, 1.807) is 12.1 Å². The molecule has 1 heterocycles. The number of aromatic nitrogens is 1. The van der Waals surface area contributed by atoms with Crippen LogP contribution in [0.15, 0.2) is 65.3 Å². The van der Waals surface area contributed by atoms with Gasteiger partial charge in [-0.1, -0.05) is 47.5 Å². The largest absolute Gasteiger partial charge is 0.490 e. The van der Waals surface area contributed by atoms with Gasteiger partial charge >= 0.3 is 0 Å². The summed E-state index contributed by atoms with van der Waals surface area (Å²) in [5.74, 6) is 1.36. The average Bonchev–Trinajstić information content (AvgIpc) is 3.21. The van der Waals surface area contributed by atoms with Crippen LogP contribution in [0.3, 0.4) is 0 Å². The molecule has 0 amide bonds. The minimum atomic E-state index is 0.316. The fraction of sp³-hybridized carbons (Fsp3) is 0.231. The number of hydrogen-bond donors (Lipinski definition) is 2. The van der Waals surface area contributed by atoms with E-state index in [1.165, 1.54) is 16.5 Å². The van der Waals surface area contributed by atoms with E-state index in [4.69, 9.17) is 32.7 Å². The molecule has 4 rings (SSSR count). The van der Waals surface area contributed by atoms with Gasteiger partial charge in [0.2, 0.25) is 0 Å². The highest BCUT2D eigenvalue weighted by Gasteiger charge is 2.14. The van der Waals surface area contributed by atoms with Gasteiger partial charge < -0.3 is 19.8 Å². The molecule has 4 aromatic rings. The molecule has 0 aliphatic heterocycles. The summed E-state index contributed by atoms with van der Waals surface area (Å²) in [5, 5.41) is 5.99. The maximum Gasteiger partial charge on any atom is 0.175 e. The van der Waals surface area contributed by atoms with Crippen LogP contribution >= 0.6 is 39.1 Å². The fourth-order valence-corrected chi connectivity index (χ4v) is 4.78. The Morgan fingerprint density at radius 1 is 1.00 bits per heavy atom. The number of rotatable bonds is 10. The molecule has 0 radical (unpaired) electrons. The number of fused-ring (bicyclic) bond motifs is 1. The first kappa shape index (κ1) is 24.0. The smallest absolute Gasteiger partial charge is 0.175 e. The Morgan fingerprint density at radius 2 is 1.85 bits per heavy atom. The van der Waals surface area contributed by atoms with Gasteiger partial charge in [-0.25, -0.2) is 0 Å². The monoisotopic (exact) mass is 546 g/mol. The minimum Gasteiger partial charge on any atom is -0.490 e. The molecule has 3 aromatic carbocycles. The van der Waals surface area contributed by atoms with Crippen LogP contribution in [-0.4, -0.2) is 18.1 Å². The van der Waals surface area contributed by atoms with Crippen molar-refractivity contribution in [1.29, 1.82) is 0 Å². The van der Waals surface area contributed by atoms with Crippen molar-refractivity contribution in [2.24, 2.45) is 0 Å². The van der Waals surface area contributed by atoms with Crippen LogP contribution in [-0.2, 0) is 19.6 Å². The summed E-state index contributed by atoms with van der Waals surface area (Å²) >= 11 is 15.9. The Kier molecular flexibility index (Phi) is 8.20. The molecule has 33 heavy (non-hydrogen) atoms. The van der Waals surface area contributed by atoms with E-state index in [9.17, 15) is 0 Å². The number of ether oxygens (including phenoxy) is 2. The van der Waals surface area contributed by atoms with Crippen molar-refractivity contribution in [1.82, 2.24) is 10.3 Å². The van der Waals surface area contributed by atoms with Gasteiger partial charge in [0.1, 0.15) is 6.61 Å². The number of benzene rings is 3. The standard InChI is InChI=1S/C26H25BrCl2N2O2/c1-2-32-25-12-17(14-30-10-9-18-15-31-24-6-4-3-5-21(18)24)11-22(27)26(25)33-16-19-7-8-20(28)13-23(19)29/h3-8,11-13,15,30-31H,2,9-10,14,16H2,1H3. The van der Waals surface area contributed by atoms with Gasteiger partial charge in [0.05, 0.1) is 11.1 Å². The average molecular weight is 548 g/mol. The molecule has 4 nitrogen and oxygen atoms in total. The van der Waals surface area contributed by atoms with Crippen LogP contribution < -0.4 is 14.8 Å². The molecule has 0 saturated carbocycles. The molecule has 0 saturated heterocycles. The number of nitrogens with one attached hydrogen (secondary N) is 2. The highest BCUT2D eigenvalue weighted by Crippen LogP contribution is 2.38. The second-order valence-corrected chi connectivity index (χ2v) is 9.35. The van der Waals surface area contributed by atoms with Gasteiger partial charge in [0.15, 0.2) is 11.5 Å². The molecular formula is C26H25BrCl2N2O2. The minimum absolute atomic E-state index is 0.316. The third-order valence-electron chi connectivity index (χ3n) is 5.33. The number of hydrogen-bond acceptors (Lipinski definition) is 3. The van der Waals surface area contributed by atoms with Gasteiger partial charge in [0, 0.05) is 39.3 Å². The van der Waals surface area contributed by atoms with Crippen LogP contribution in [0.4, 0.5) is 0 Å². The first-order valence-corrected chi connectivity index (χ1v) is 12.4. The lowest BCUT2D eigenvalue weighted by Crippen LogP contribution is -2.16. The number of H-pyrrole nitrogens is 1. The van der Waals surface area contributed by atoms with Crippen LogP contribution in [0.25, 0.3) is 10.9 Å². The SMILES string of the molecule is CCOc1cc(CNCCc2c[nH]c3ccccc23)cc(Br)c1OCc1ccc(Cl)cc1Cl. The lowest BCUT2D eigenvalue weighted by Gasteiger charge is -2.16. The Morgan fingerprint density at radius 3 is 2.67 bits per heavy atom. The Labute approximate surface area is 212 Å². The van der Waals surface area contributed by atoms with E-state index >= 15 is 0 Å². The van der Waals surface area contributed by atoms with E-state index in [0.29, 0.717) is 34.8 Å². The molecule has 0 aliphatic carbocycles. The first-order chi connectivity index (χ1) is 16.0. The van der Waals surface area contributed by atoms with Crippen molar-refractivity contribution in [3.63, 3.8) is 0 Å². The van der Waals surface area contributed by atoms with Crippen LogP contribution in [0.2, 0.25) is 10.0 Å². The van der Waals surface area contributed by atoms with E-state index in [-0.39, 0.29) is 0 Å². The molecule has 0 atom stereocenters. The Bertz CT molecular complexity index is 1240. The summed E-state index contributed by atoms with van der Waals surface area (Å²) in [5.41, 5.74) is 4.46. The molecule has 0 bridgehead atoms. The molecule has 0 spiro atoms. The van der Waals surface area contributed by atoms with Crippen LogP contribution in [0.1, 0.15) is 23.6 Å². The molecule has 2 N–H and O–H groups in total. The lowest BCUT2D eigenvalue weighted by molar-refractivity contribution is 0.267. The third-order valence-corrected chi connectivity index (χ3v) is 6.51. The topological polar surface area (TPSA) is 46.3 Å². The number of para-hydroxylation sites is 1. The fourth-order valence-electron chi connectivity index (χ4n) is 3.71. The highest BCUT2D eigenvalue weighted by atomic mass is 79.9. The van der Waals surface area contributed by atoms with Gasteiger partial charge in [-0.3, -0.25) is 0 Å². The van der Waals surface area contributed by atoms with Crippen LogP contribution in [0.5, 0.6) is 11.5 Å². The molecule has 0 aliphatic rings. The third kappa shape index (κ3) is 6.04. The Balaban J connectivity index is 1.39. The number of halogens is 3. The zero-order chi connectivity index (χ0) is 23.2. The van der Waals surface area contributed by atoms with Gasteiger partial charge in [-0.2, -0.15) is 0 Å². The van der Waals surface area contributed by atoms with E-state index in [1.807, 2.05) is 25.1 Å². The van der Waals surface area contributed by atoms with Crippen molar-refractivity contribution in [2.75, 3.05) is 13.2 Å². The summed E-state index contributed by atoms with van der Waals surface area (Å²) in [4.78, 5) is 3.33. The van der Waals surface area contributed by atoms with Gasteiger partial charge in [-0.05, 0) is 77.3 Å². The second-order valence-electron chi connectivity index (χ2n) is 7.65. The summed E-state index contributed by atoms with van der Waals surface area (Å²) in [7, 11) is 0. The molecule has 0 unspecified atom stereocenters. The Hall–Kier alpha value is -2.18. The predicted molar refractivity (Wildman–Crippen MR) is 140 cm³/mol. The van der Waals surface area contributed by atoms with Gasteiger partial charge in [-0.15, -0.1) is 0 Å². The summed E-state index contributed by atoms with van der Waals surface area (Å²) in [6.45, 7) is 4.42. The molecule has 0 fully saturated rings. The van der Waals surface area contributed by atoms with E-state index in [2.05, 4.69) is 56.7 Å². The summed E-state index contributed by atoms with van der Waals surface area (Å²) < 4.78 is 12.8. The molecule has 7 heteroatoms. The maximum atomic E-state index is 6.28. The molecule has 1 aromatic heterocycles. The first-order valence-electron chi connectivity index (χ1n) is 10.8. The van der Waals surface area contributed by atoms with E-state index in [0.717, 1.165) is 35.1 Å².